The summed E-state index contributed by atoms with van der Waals surface area (Å²) in [6.07, 6.45) is 15.0. The average Bonchev–Trinajstić information content (AvgIpc) is 3.30. The van der Waals surface area contributed by atoms with Gasteiger partial charge in [-0.2, -0.15) is 0 Å². The van der Waals surface area contributed by atoms with Gasteiger partial charge in [0.2, 0.25) is 0 Å². The Kier molecular flexibility index (Phi) is 3.27. The number of likely N-dealkylation sites (N-methyl/N-ethyl adjacent to an activating group) is 1. The van der Waals surface area contributed by atoms with Crippen molar-refractivity contribution in [2.24, 2.45) is 0 Å². The van der Waals surface area contributed by atoms with Gasteiger partial charge in [-0.05, 0) is 46.4 Å². The number of hydrogen-bond acceptors (Lipinski definition) is 1. The van der Waals surface area contributed by atoms with E-state index < -0.39 is 0 Å². The van der Waals surface area contributed by atoms with E-state index in [9.17, 15) is 0 Å². The fourth-order valence-electron chi connectivity index (χ4n) is 4.29. The summed E-state index contributed by atoms with van der Waals surface area (Å²) in [6.45, 7) is 0. The number of hydrogen-bond donors (Lipinski definition) is 0. The van der Waals surface area contributed by atoms with Gasteiger partial charge in [-0.25, -0.2) is 0 Å². The van der Waals surface area contributed by atoms with Crippen LogP contribution in [0.5, 0.6) is 0 Å². The number of allylic oxidation sites excluding steroid dienone is 6. The molecular weight excluding hydrogens is 302 g/mol. The third-order valence-electron chi connectivity index (χ3n) is 5.63. The van der Waals surface area contributed by atoms with Crippen LogP contribution in [0.1, 0.15) is 17.9 Å². The Labute approximate surface area is 149 Å². The minimum atomic E-state index is 0.427. The summed E-state index contributed by atoms with van der Waals surface area (Å²) in [7, 11) is 2.21. The molecule has 2 aromatic rings. The summed E-state index contributed by atoms with van der Waals surface area (Å²) in [5.41, 5.74) is 8.11. The molecule has 0 bridgehead atoms. The minimum Gasteiger partial charge on any atom is -0.367 e. The van der Waals surface area contributed by atoms with Crippen LogP contribution >= 0.6 is 0 Å². The SMILES string of the molecule is CN1c2ccc(-c3ccccc3)cc2C2C=C(C3=CCC=C3)C=CC21. The van der Waals surface area contributed by atoms with Crippen LogP contribution in [0.15, 0.2) is 96.1 Å². The molecule has 5 rings (SSSR count). The van der Waals surface area contributed by atoms with E-state index in [2.05, 4.69) is 96.9 Å². The van der Waals surface area contributed by atoms with Gasteiger partial charge in [0, 0.05) is 18.7 Å². The largest absolute Gasteiger partial charge is 0.367 e. The van der Waals surface area contributed by atoms with Crippen molar-refractivity contribution in [2.75, 3.05) is 11.9 Å². The Morgan fingerprint density at radius 1 is 0.920 bits per heavy atom. The van der Waals surface area contributed by atoms with Crippen LogP contribution < -0.4 is 4.90 Å². The average molecular weight is 323 g/mol. The number of fused-ring (bicyclic) bond motifs is 3. The molecule has 0 amide bonds. The van der Waals surface area contributed by atoms with Crippen molar-refractivity contribution in [1.29, 1.82) is 0 Å². The lowest BCUT2D eigenvalue weighted by molar-refractivity contribution is 0.719. The van der Waals surface area contributed by atoms with Crippen LogP contribution in [0, 0.1) is 0 Å². The molecule has 122 valence electrons. The van der Waals surface area contributed by atoms with E-state index >= 15 is 0 Å². The second-order valence-corrected chi connectivity index (χ2v) is 7.05. The molecule has 0 aromatic heterocycles. The van der Waals surface area contributed by atoms with Gasteiger partial charge in [-0.15, -0.1) is 0 Å². The molecule has 2 unspecified atom stereocenters. The molecule has 0 fully saturated rings. The molecule has 1 heteroatoms. The predicted molar refractivity (Wildman–Crippen MR) is 106 cm³/mol. The molecule has 0 N–H and O–H groups in total. The van der Waals surface area contributed by atoms with Gasteiger partial charge in [-0.1, -0.05) is 72.9 Å². The van der Waals surface area contributed by atoms with E-state index in [1.54, 1.807) is 0 Å². The third kappa shape index (κ3) is 2.31. The molecule has 2 aromatic carbocycles. The Bertz CT molecular complexity index is 943. The standard InChI is InChI=1S/C24H21N/c1-25-23-13-11-19(17-7-3-2-4-8-17)15-21(23)22-16-20(12-14-24(22)25)18-9-5-6-10-18/h2-5,7-16,22,24H,6H2,1H3. The molecule has 2 atom stereocenters. The normalized spacial score (nSPS) is 23.3. The van der Waals surface area contributed by atoms with Crippen molar-refractivity contribution in [3.63, 3.8) is 0 Å². The fourth-order valence-corrected chi connectivity index (χ4v) is 4.29. The fraction of sp³-hybridized carbons (Fsp3) is 0.167. The Balaban J connectivity index is 1.59. The molecule has 0 spiro atoms. The van der Waals surface area contributed by atoms with Gasteiger partial charge >= 0.3 is 0 Å². The first-order chi connectivity index (χ1) is 12.3. The zero-order valence-corrected chi connectivity index (χ0v) is 14.4. The Hall–Kier alpha value is -2.80. The number of anilines is 1. The molecule has 25 heavy (non-hydrogen) atoms. The van der Waals surface area contributed by atoms with Crippen LogP contribution in [-0.4, -0.2) is 13.1 Å². The van der Waals surface area contributed by atoms with E-state index in [-0.39, 0.29) is 0 Å². The minimum absolute atomic E-state index is 0.427. The van der Waals surface area contributed by atoms with Crippen molar-refractivity contribution in [3.05, 3.63) is 102 Å². The molecule has 0 radical (unpaired) electrons. The van der Waals surface area contributed by atoms with E-state index in [1.165, 1.54) is 33.5 Å². The van der Waals surface area contributed by atoms with Crippen molar-refractivity contribution < 1.29 is 0 Å². The Morgan fingerprint density at radius 2 is 1.80 bits per heavy atom. The van der Waals surface area contributed by atoms with Crippen molar-refractivity contribution in [1.82, 2.24) is 0 Å². The highest BCUT2D eigenvalue weighted by atomic mass is 15.2. The van der Waals surface area contributed by atoms with Gasteiger partial charge in [-0.3, -0.25) is 0 Å². The topological polar surface area (TPSA) is 3.24 Å². The first kappa shape index (κ1) is 14.5. The second kappa shape index (κ2) is 5.63. The summed E-state index contributed by atoms with van der Waals surface area (Å²) in [5, 5.41) is 0. The van der Waals surface area contributed by atoms with Crippen molar-refractivity contribution in [2.45, 2.75) is 18.4 Å². The van der Waals surface area contributed by atoms with Crippen LogP contribution in [0.4, 0.5) is 5.69 Å². The van der Waals surface area contributed by atoms with Crippen molar-refractivity contribution >= 4 is 5.69 Å². The highest BCUT2D eigenvalue weighted by molar-refractivity contribution is 5.74. The smallest absolute Gasteiger partial charge is 0.0577 e. The van der Waals surface area contributed by atoms with E-state index in [1.807, 2.05) is 0 Å². The van der Waals surface area contributed by atoms with E-state index in [4.69, 9.17) is 0 Å². The highest BCUT2D eigenvalue weighted by Gasteiger charge is 2.35. The summed E-state index contributed by atoms with van der Waals surface area (Å²) < 4.78 is 0. The van der Waals surface area contributed by atoms with Gasteiger partial charge < -0.3 is 4.90 Å². The van der Waals surface area contributed by atoms with E-state index in [0.717, 1.165) is 6.42 Å². The lowest BCUT2D eigenvalue weighted by atomic mass is 9.85. The molecule has 1 aliphatic heterocycles. The summed E-state index contributed by atoms with van der Waals surface area (Å²) in [4.78, 5) is 2.41. The number of nitrogens with zero attached hydrogens (tertiary/aromatic N) is 1. The Morgan fingerprint density at radius 3 is 2.60 bits per heavy atom. The van der Waals surface area contributed by atoms with E-state index in [0.29, 0.717) is 12.0 Å². The van der Waals surface area contributed by atoms with Gasteiger partial charge in [0.05, 0.1) is 6.04 Å². The lowest BCUT2D eigenvalue weighted by Gasteiger charge is -2.26. The summed E-state index contributed by atoms with van der Waals surface area (Å²) >= 11 is 0. The molecule has 3 aliphatic rings. The van der Waals surface area contributed by atoms with Gasteiger partial charge in [0.15, 0.2) is 0 Å². The van der Waals surface area contributed by atoms with Crippen LogP contribution in [0.25, 0.3) is 11.1 Å². The second-order valence-electron chi connectivity index (χ2n) is 7.05. The van der Waals surface area contributed by atoms with Gasteiger partial charge in [0.25, 0.3) is 0 Å². The number of benzene rings is 2. The molecule has 2 aliphatic carbocycles. The molecule has 0 saturated carbocycles. The maximum absolute atomic E-state index is 2.46. The molecule has 1 heterocycles. The first-order valence-corrected chi connectivity index (χ1v) is 9.00. The monoisotopic (exact) mass is 323 g/mol. The first-order valence-electron chi connectivity index (χ1n) is 9.00. The highest BCUT2D eigenvalue weighted by Crippen LogP contribution is 2.46. The zero-order chi connectivity index (χ0) is 16.8. The molecule has 1 nitrogen and oxygen atoms in total. The lowest BCUT2D eigenvalue weighted by Crippen LogP contribution is -2.29. The number of rotatable bonds is 2. The summed E-state index contributed by atoms with van der Waals surface area (Å²) in [5.74, 6) is 0.429. The molecular formula is C24H21N. The van der Waals surface area contributed by atoms with Crippen LogP contribution in [0.3, 0.4) is 0 Å². The maximum Gasteiger partial charge on any atom is 0.0577 e. The predicted octanol–water partition coefficient (Wildman–Crippen LogP) is 5.64. The van der Waals surface area contributed by atoms with Crippen LogP contribution in [-0.2, 0) is 0 Å². The third-order valence-corrected chi connectivity index (χ3v) is 5.63. The zero-order valence-electron chi connectivity index (χ0n) is 14.4. The van der Waals surface area contributed by atoms with Crippen molar-refractivity contribution in [3.8, 4) is 11.1 Å². The summed E-state index contributed by atoms with van der Waals surface area (Å²) in [6, 6.07) is 18.0. The molecule has 0 saturated heterocycles. The maximum atomic E-state index is 2.46. The quantitative estimate of drug-likeness (QED) is 0.691. The van der Waals surface area contributed by atoms with Crippen LogP contribution in [0.2, 0.25) is 0 Å². The van der Waals surface area contributed by atoms with Gasteiger partial charge in [0.1, 0.15) is 0 Å².